The fraction of sp³-hybridized carbons (Fsp3) is 0.667. The lowest BCUT2D eigenvalue weighted by Gasteiger charge is -2.11. The minimum atomic E-state index is 0.448. The number of alkyl halides is 2. The molecule has 0 aliphatic heterocycles. The first-order chi connectivity index (χ1) is 3.60. The van der Waals surface area contributed by atoms with Crippen LogP contribution in [0.1, 0.15) is 13.3 Å². The molecule has 0 unspecified atom stereocenters. The summed E-state index contributed by atoms with van der Waals surface area (Å²) in [5.41, 5.74) is 0. The highest BCUT2D eigenvalue weighted by Gasteiger charge is 2.24. The van der Waals surface area contributed by atoms with E-state index in [-0.39, 0.29) is 0 Å². The standard InChI is InChI=1S/C6H8I2/c1-6(8)3-2-5(7)4-6/h2-3,5H,4H2,1H3/t5-,6+/m0/s1. The van der Waals surface area contributed by atoms with E-state index in [0.717, 1.165) is 3.92 Å². The summed E-state index contributed by atoms with van der Waals surface area (Å²) >= 11 is 4.96. The second kappa shape index (κ2) is 2.44. The van der Waals surface area contributed by atoms with Gasteiger partial charge in [0.1, 0.15) is 0 Å². The summed E-state index contributed by atoms with van der Waals surface area (Å²) in [7, 11) is 0. The van der Waals surface area contributed by atoms with Gasteiger partial charge in [0.2, 0.25) is 0 Å². The van der Waals surface area contributed by atoms with E-state index in [2.05, 4.69) is 64.3 Å². The van der Waals surface area contributed by atoms with Crippen LogP contribution in [-0.4, -0.2) is 7.35 Å². The van der Waals surface area contributed by atoms with Crippen molar-refractivity contribution in [1.29, 1.82) is 0 Å². The van der Waals surface area contributed by atoms with Gasteiger partial charge in [-0.15, -0.1) is 0 Å². The smallest absolute Gasteiger partial charge is 0.0386 e. The van der Waals surface area contributed by atoms with E-state index in [0.29, 0.717) is 3.42 Å². The molecule has 0 nitrogen and oxygen atoms in total. The molecule has 46 valence electrons. The van der Waals surface area contributed by atoms with Gasteiger partial charge in [0.05, 0.1) is 0 Å². The van der Waals surface area contributed by atoms with Gasteiger partial charge in [-0.25, -0.2) is 0 Å². The van der Waals surface area contributed by atoms with Gasteiger partial charge in [0.25, 0.3) is 0 Å². The Labute approximate surface area is 77.4 Å². The highest BCUT2D eigenvalue weighted by Crippen LogP contribution is 2.34. The predicted octanol–water partition coefficient (Wildman–Crippen LogP) is 2.94. The molecule has 8 heavy (non-hydrogen) atoms. The summed E-state index contributed by atoms with van der Waals surface area (Å²) in [5, 5.41) is 0. The van der Waals surface area contributed by atoms with Crippen LogP contribution in [0.25, 0.3) is 0 Å². The summed E-state index contributed by atoms with van der Waals surface area (Å²) in [6.07, 6.45) is 5.88. The zero-order valence-electron chi connectivity index (χ0n) is 4.70. The molecule has 0 N–H and O–H groups in total. The molecule has 1 aliphatic rings. The van der Waals surface area contributed by atoms with Gasteiger partial charge < -0.3 is 0 Å². The van der Waals surface area contributed by atoms with E-state index in [1.165, 1.54) is 6.42 Å². The van der Waals surface area contributed by atoms with Gasteiger partial charge >= 0.3 is 0 Å². The third kappa shape index (κ3) is 1.86. The first kappa shape index (κ1) is 7.31. The molecule has 0 spiro atoms. The Kier molecular flexibility index (Phi) is 2.23. The number of hydrogen-bond donors (Lipinski definition) is 0. The van der Waals surface area contributed by atoms with Gasteiger partial charge in [-0.1, -0.05) is 57.3 Å². The molecule has 1 rings (SSSR count). The van der Waals surface area contributed by atoms with Crippen LogP contribution in [-0.2, 0) is 0 Å². The van der Waals surface area contributed by atoms with Crippen molar-refractivity contribution in [2.24, 2.45) is 0 Å². The van der Waals surface area contributed by atoms with Crippen molar-refractivity contribution >= 4 is 45.2 Å². The van der Waals surface area contributed by atoms with Crippen LogP contribution in [0.15, 0.2) is 12.2 Å². The molecular weight excluding hydrogens is 326 g/mol. The maximum absolute atomic E-state index is 2.49. The van der Waals surface area contributed by atoms with Gasteiger partial charge in [-0.2, -0.15) is 0 Å². The van der Waals surface area contributed by atoms with Crippen LogP contribution in [0.2, 0.25) is 0 Å². The largest absolute Gasteiger partial charge is 0.0780 e. The third-order valence-corrected chi connectivity index (χ3v) is 2.90. The van der Waals surface area contributed by atoms with Crippen LogP contribution in [0, 0.1) is 0 Å². The van der Waals surface area contributed by atoms with Crippen molar-refractivity contribution in [3.63, 3.8) is 0 Å². The SMILES string of the molecule is C[C@@]1(I)C=C[C@H](I)C1. The Balaban J connectivity index is 2.58. The van der Waals surface area contributed by atoms with E-state index < -0.39 is 0 Å². The second-order valence-corrected chi connectivity index (χ2v) is 6.42. The fourth-order valence-corrected chi connectivity index (χ4v) is 3.47. The van der Waals surface area contributed by atoms with Gasteiger partial charge in [-0.3, -0.25) is 0 Å². The summed E-state index contributed by atoms with van der Waals surface area (Å²) in [5.74, 6) is 0. The normalized spacial score (nSPS) is 45.6. The molecule has 0 saturated carbocycles. The summed E-state index contributed by atoms with van der Waals surface area (Å²) in [6, 6.07) is 0. The Bertz CT molecular complexity index is 116. The topological polar surface area (TPSA) is 0 Å². The molecule has 0 radical (unpaired) electrons. The molecule has 0 heterocycles. The Morgan fingerprint density at radius 1 is 1.75 bits per heavy atom. The molecule has 2 atom stereocenters. The molecule has 0 aromatic heterocycles. The van der Waals surface area contributed by atoms with E-state index in [1.54, 1.807) is 0 Å². The maximum Gasteiger partial charge on any atom is 0.0386 e. The first-order valence-electron chi connectivity index (χ1n) is 2.62. The van der Waals surface area contributed by atoms with E-state index in [4.69, 9.17) is 0 Å². The molecule has 0 aromatic carbocycles. The van der Waals surface area contributed by atoms with E-state index in [9.17, 15) is 0 Å². The van der Waals surface area contributed by atoms with Crippen LogP contribution in [0.4, 0.5) is 0 Å². The molecule has 0 bridgehead atoms. The zero-order valence-corrected chi connectivity index (χ0v) is 9.01. The molecule has 0 amide bonds. The van der Waals surface area contributed by atoms with Crippen LogP contribution >= 0.6 is 45.2 Å². The van der Waals surface area contributed by atoms with Crippen LogP contribution in [0.5, 0.6) is 0 Å². The summed E-state index contributed by atoms with van der Waals surface area (Å²) in [6.45, 7) is 2.27. The number of rotatable bonds is 0. The summed E-state index contributed by atoms with van der Waals surface area (Å²) < 4.78 is 1.22. The minimum absolute atomic E-state index is 0.448. The van der Waals surface area contributed by atoms with Crippen molar-refractivity contribution in [2.45, 2.75) is 20.7 Å². The molecule has 0 saturated heterocycles. The van der Waals surface area contributed by atoms with E-state index in [1.807, 2.05) is 0 Å². The Hall–Kier alpha value is 1.20. The van der Waals surface area contributed by atoms with Crippen molar-refractivity contribution in [2.75, 3.05) is 0 Å². The van der Waals surface area contributed by atoms with Crippen molar-refractivity contribution in [1.82, 2.24) is 0 Å². The molecular formula is C6H8I2. The van der Waals surface area contributed by atoms with Crippen LogP contribution in [0.3, 0.4) is 0 Å². The van der Waals surface area contributed by atoms with Gasteiger partial charge in [0.15, 0.2) is 0 Å². The van der Waals surface area contributed by atoms with Gasteiger partial charge in [-0.05, 0) is 13.3 Å². The number of halogens is 2. The van der Waals surface area contributed by atoms with E-state index >= 15 is 0 Å². The van der Waals surface area contributed by atoms with Gasteiger partial charge in [0, 0.05) is 7.35 Å². The Morgan fingerprint density at radius 2 is 2.38 bits per heavy atom. The lowest BCUT2D eigenvalue weighted by Crippen LogP contribution is -2.08. The third-order valence-electron chi connectivity index (χ3n) is 1.25. The fourth-order valence-electron chi connectivity index (χ4n) is 0.822. The van der Waals surface area contributed by atoms with Crippen molar-refractivity contribution < 1.29 is 0 Å². The Morgan fingerprint density at radius 3 is 2.50 bits per heavy atom. The number of hydrogen-bond acceptors (Lipinski definition) is 0. The average molecular weight is 334 g/mol. The molecule has 2 heteroatoms. The van der Waals surface area contributed by atoms with Crippen molar-refractivity contribution in [3.8, 4) is 0 Å². The monoisotopic (exact) mass is 334 g/mol. The highest BCUT2D eigenvalue weighted by atomic mass is 127. The lowest BCUT2D eigenvalue weighted by atomic mass is 10.2. The molecule has 0 fully saturated rings. The maximum atomic E-state index is 2.49. The molecule has 0 aromatic rings. The quantitative estimate of drug-likeness (QED) is 0.363. The first-order valence-corrected chi connectivity index (χ1v) is 4.95. The second-order valence-electron chi connectivity index (χ2n) is 2.36. The number of allylic oxidation sites excluding steroid dienone is 2. The average Bonchev–Trinajstić information content (AvgIpc) is 1.82. The molecule has 1 aliphatic carbocycles. The minimum Gasteiger partial charge on any atom is -0.0780 e. The summed E-state index contributed by atoms with van der Waals surface area (Å²) in [4.78, 5) is 0. The van der Waals surface area contributed by atoms with Crippen molar-refractivity contribution in [3.05, 3.63) is 12.2 Å². The zero-order chi connectivity index (χ0) is 6.20. The predicted molar refractivity (Wildman–Crippen MR) is 54.0 cm³/mol. The highest BCUT2D eigenvalue weighted by molar-refractivity contribution is 14.1. The van der Waals surface area contributed by atoms with Crippen LogP contribution < -0.4 is 0 Å². The lowest BCUT2D eigenvalue weighted by molar-refractivity contribution is 0.807.